The minimum absolute atomic E-state index is 0.0798. The number of benzene rings is 1. The van der Waals surface area contributed by atoms with Gasteiger partial charge in [0.25, 0.3) is 0 Å². The SMILES string of the molecule is COCC(=O)NC1CCN(c2cccc(F)c2)C1. The van der Waals surface area contributed by atoms with E-state index in [2.05, 4.69) is 10.2 Å². The summed E-state index contributed by atoms with van der Waals surface area (Å²) >= 11 is 0. The van der Waals surface area contributed by atoms with Crippen molar-refractivity contribution in [1.82, 2.24) is 5.32 Å². The maximum atomic E-state index is 13.1. The van der Waals surface area contributed by atoms with Crippen molar-refractivity contribution in [3.8, 4) is 0 Å². The summed E-state index contributed by atoms with van der Waals surface area (Å²) in [6.07, 6.45) is 0.867. The fourth-order valence-electron chi connectivity index (χ4n) is 2.19. The highest BCUT2D eigenvalue weighted by molar-refractivity contribution is 5.77. The van der Waals surface area contributed by atoms with Gasteiger partial charge in [-0.05, 0) is 24.6 Å². The Labute approximate surface area is 106 Å². The monoisotopic (exact) mass is 252 g/mol. The molecule has 4 nitrogen and oxygen atoms in total. The van der Waals surface area contributed by atoms with Crippen LogP contribution in [0.25, 0.3) is 0 Å². The zero-order valence-electron chi connectivity index (χ0n) is 10.4. The van der Waals surface area contributed by atoms with Gasteiger partial charge in [0.15, 0.2) is 0 Å². The molecule has 0 aliphatic carbocycles. The van der Waals surface area contributed by atoms with Crippen LogP contribution in [0, 0.1) is 5.82 Å². The molecule has 0 saturated carbocycles. The van der Waals surface area contributed by atoms with Crippen LogP contribution in [0.2, 0.25) is 0 Å². The van der Waals surface area contributed by atoms with Gasteiger partial charge >= 0.3 is 0 Å². The van der Waals surface area contributed by atoms with Gasteiger partial charge in [-0.25, -0.2) is 4.39 Å². The summed E-state index contributed by atoms with van der Waals surface area (Å²) in [7, 11) is 1.49. The van der Waals surface area contributed by atoms with E-state index in [0.29, 0.717) is 6.54 Å². The molecule has 2 rings (SSSR count). The third-order valence-corrected chi connectivity index (χ3v) is 3.00. The van der Waals surface area contributed by atoms with Crippen molar-refractivity contribution >= 4 is 11.6 Å². The molecule has 1 N–H and O–H groups in total. The van der Waals surface area contributed by atoms with E-state index in [9.17, 15) is 9.18 Å². The van der Waals surface area contributed by atoms with Gasteiger partial charge in [-0.1, -0.05) is 6.07 Å². The second-order valence-electron chi connectivity index (χ2n) is 4.41. The Morgan fingerprint density at radius 1 is 1.61 bits per heavy atom. The number of hydrogen-bond donors (Lipinski definition) is 1. The zero-order chi connectivity index (χ0) is 13.0. The highest BCUT2D eigenvalue weighted by Gasteiger charge is 2.24. The van der Waals surface area contributed by atoms with Crippen LogP contribution in [-0.4, -0.2) is 38.8 Å². The van der Waals surface area contributed by atoms with Crippen molar-refractivity contribution in [3.05, 3.63) is 30.1 Å². The summed E-state index contributed by atoms with van der Waals surface area (Å²) in [5.74, 6) is -0.344. The number of amides is 1. The number of rotatable bonds is 4. The molecule has 0 bridgehead atoms. The molecule has 18 heavy (non-hydrogen) atoms. The number of carbonyl (C=O) groups excluding carboxylic acids is 1. The van der Waals surface area contributed by atoms with Gasteiger partial charge < -0.3 is 15.0 Å². The molecule has 1 aromatic carbocycles. The minimum Gasteiger partial charge on any atom is -0.375 e. The fourth-order valence-corrected chi connectivity index (χ4v) is 2.19. The molecule has 1 aliphatic heterocycles. The van der Waals surface area contributed by atoms with E-state index >= 15 is 0 Å². The molecule has 0 aromatic heterocycles. The average Bonchev–Trinajstić information content (AvgIpc) is 2.78. The first-order valence-corrected chi connectivity index (χ1v) is 5.98. The summed E-state index contributed by atoms with van der Waals surface area (Å²) in [4.78, 5) is 13.5. The Morgan fingerprint density at radius 2 is 2.44 bits per heavy atom. The van der Waals surface area contributed by atoms with E-state index < -0.39 is 0 Å². The Morgan fingerprint density at radius 3 is 3.17 bits per heavy atom. The van der Waals surface area contributed by atoms with Gasteiger partial charge in [0.1, 0.15) is 12.4 Å². The van der Waals surface area contributed by atoms with E-state index in [1.165, 1.54) is 19.2 Å². The normalized spacial score (nSPS) is 19.0. The van der Waals surface area contributed by atoms with Crippen LogP contribution < -0.4 is 10.2 Å². The van der Waals surface area contributed by atoms with Crippen LogP contribution in [0.15, 0.2) is 24.3 Å². The minimum atomic E-state index is -0.237. The van der Waals surface area contributed by atoms with Gasteiger partial charge in [-0.15, -0.1) is 0 Å². The van der Waals surface area contributed by atoms with Crippen LogP contribution in [0.4, 0.5) is 10.1 Å². The highest BCUT2D eigenvalue weighted by Crippen LogP contribution is 2.20. The third-order valence-electron chi connectivity index (χ3n) is 3.00. The van der Waals surface area contributed by atoms with E-state index in [1.807, 2.05) is 6.07 Å². The van der Waals surface area contributed by atoms with Crippen molar-refractivity contribution < 1.29 is 13.9 Å². The van der Waals surface area contributed by atoms with Crippen molar-refractivity contribution in [2.75, 3.05) is 31.7 Å². The lowest BCUT2D eigenvalue weighted by molar-refractivity contribution is -0.125. The number of ether oxygens (including phenoxy) is 1. The van der Waals surface area contributed by atoms with Gasteiger partial charge in [0.2, 0.25) is 5.91 Å². The van der Waals surface area contributed by atoms with Crippen molar-refractivity contribution in [1.29, 1.82) is 0 Å². The number of nitrogens with zero attached hydrogens (tertiary/aromatic N) is 1. The van der Waals surface area contributed by atoms with Gasteiger partial charge in [0.05, 0.1) is 0 Å². The quantitative estimate of drug-likeness (QED) is 0.874. The summed E-state index contributed by atoms with van der Waals surface area (Å²) < 4.78 is 17.9. The van der Waals surface area contributed by atoms with Crippen molar-refractivity contribution in [2.24, 2.45) is 0 Å². The predicted octanol–water partition coefficient (Wildman–Crippen LogP) is 1.17. The molecule has 1 amide bonds. The van der Waals surface area contributed by atoms with Gasteiger partial charge in [0, 0.05) is 31.9 Å². The number of halogens is 1. The Kier molecular flexibility index (Phi) is 4.15. The van der Waals surface area contributed by atoms with Crippen LogP contribution in [0.1, 0.15) is 6.42 Å². The van der Waals surface area contributed by atoms with Crippen LogP contribution in [-0.2, 0) is 9.53 Å². The molecule has 1 aromatic rings. The predicted molar refractivity (Wildman–Crippen MR) is 67.0 cm³/mol. The second kappa shape index (κ2) is 5.82. The molecule has 1 saturated heterocycles. The molecule has 1 aliphatic rings. The first kappa shape index (κ1) is 12.8. The summed E-state index contributed by atoms with van der Waals surface area (Å²) in [6.45, 7) is 1.61. The molecule has 1 fully saturated rings. The van der Waals surface area contributed by atoms with E-state index in [-0.39, 0.29) is 24.4 Å². The molecular weight excluding hydrogens is 235 g/mol. The van der Waals surface area contributed by atoms with Crippen molar-refractivity contribution in [3.63, 3.8) is 0 Å². The first-order chi connectivity index (χ1) is 8.69. The maximum Gasteiger partial charge on any atom is 0.246 e. The topological polar surface area (TPSA) is 41.6 Å². The lowest BCUT2D eigenvalue weighted by Gasteiger charge is -2.19. The zero-order valence-corrected chi connectivity index (χ0v) is 10.4. The third kappa shape index (κ3) is 3.20. The molecule has 98 valence electrons. The standard InChI is InChI=1S/C13H17FN2O2/c1-18-9-13(17)15-11-5-6-16(8-11)12-4-2-3-10(14)7-12/h2-4,7,11H,5-6,8-9H2,1H3,(H,15,17). The number of methoxy groups -OCH3 is 1. The largest absolute Gasteiger partial charge is 0.375 e. The Balaban J connectivity index is 1.90. The summed E-state index contributed by atoms with van der Waals surface area (Å²) in [5.41, 5.74) is 0.860. The number of hydrogen-bond acceptors (Lipinski definition) is 3. The molecule has 5 heteroatoms. The van der Waals surface area contributed by atoms with Crippen LogP contribution in [0.5, 0.6) is 0 Å². The molecule has 0 spiro atoms. The lowest BCUT2D eigenvalue weighted by Crippen LogP contribution is -2.38. The maximum absolute atomic E-state index is 13.1. The lowest BCUT2D eigenvalue weighted by atomic mass is 10.2. The average molecular weight is 252 g/mol. The Bertz CT molecular complexity index is 425. The molecular formula is C13H17FN2O2. The summed E-state index contributed by atoms with van der Waals surface area (Å²) in [6, 6.07) is 6.62. The Hall–Kier alpha value is -1.62. The van der Waals surface area contributed by atoms with Crippen LogP contribution in [0.3, 0.4) is 0 Å². The molecule has 0 radical (unpaired) electrons. The molecule has 1 atom stereocenters. The van der Waals surface area contributed by atoms with E-state index in [0.717, 1.165) is 18.7 Å². The number of anilines is 1. The second-order valence-corrected chi connectivity index (χ2v) is 4.41. The van der Waals surface area contributed by atoms with Crippen LogP contribution >= 0.6 is 0 Å². The molecule has 1 unspecified atom stereocenters. The van der Waals surface area contributed by atoms with E-state index in [4.69, 9.17) is 4.74 Å². The summed E-state index contributed by atoms with van der Waals surface area (Å²) in [5, 5.41) is 2.89. The van der Waals surface area contributed by atoms with Crippen molar-refractivity contribution in [2.45, 2.75) is 12.5 Å². The smallest absolute Gasteiger partial charge is 0.246 e. The fraction of sp³-hybridized carbons (Fsp3) is 0.462. The molecule has 1 heterocycles. The van der Waals surface area contributed by atoms with E-state index in [1.54, 1.807) is 6.07 Å². The van der Waals surface area contributed by atoms with Gasteiger partial charge in [-0.3, -0.25) is 4.79 Å². The van der Waals surface area contributed by atoms with Gasteiger partial charge in [-0.2, -0.15) is 0 Å². The number of nitrogens with one attached hydrogen (secondary N) is 1. The first-order valence-electron chi connectivity index (χ1n) is 5.98. The number of carbonyl (C=O) groups is 1. The highest BCUT2D eigenvalue weighted by atomic mass is 19.1.